The molecule has 0 aromatic heterocycles. The van der Waals surface area contributed by atoms with Gasteiger partial charge in [0.05, 0.1) is 0 Å². The SMILES string of the molecule is CN=C(NCCCOCC1CCOCC1)NCc1cccc(CN2CCC(C)CC2)c1.I. The molecule has 2 fully saturated rings. The summed E-state index contributed by atoms with van der Waals surface area (Å²) in [6, 6.07) is 8.93. The number of piperidine rings is 1. The summed E-state index contributed by atoms with van der Waals surface area (Å²) in [5, 5.41) is 6.83. The lowest BCUT2D eigenvalue weighted by Crippen LogP contribution is -2.37. The summed E-state index contributed by atoms with van der Waals surface area (Å²) in [6.07, 6.45) is 5.89. The number of nitrogens with zero attached hydrogens (tertiary/aromatic N) is 2. The number of halogens is 1. The van der Waals surface area contributed by atoms with Crippen molar-refractivity contribution in [1.29, 1.82) is 0 Å². The van der Waals surface area contributed by atoms with Crippen LogP contribution in [-0.2, 0) is 22.6 Å². The first-order chi connectivity index (χ1) is 15.2. The summed E-state index contributed by atoms with van der Waals surface area (Å²) in [4.78, 5) is 6.93. The molecule has 2 N–H and O–H groups in total. The summed E-state index contributed by atoms with van der Waals surface area (Å²) < 4.78 is 11.2. The molecular formula is C25H43IN4O2. The number of aliphatic imine (C=N–C) groups is 1. The summed E-state index contributed by atoms with van der Waals surface area (Å²) in [5.74, 6) is 2.40. The third-order valence-electron chi connectivity index (χ3n) is 6.41. The maximum atomic E-state index is 5.84. The molecule has 3 rings (SSSR count). The largest absolute Gasteiger partial charge is 0.381 e. The van der Waals surface area contributed by atoms with Crippen LogP contribution in [0.3, 0.4) is 0 Å². The molecule has 32 heavy (non-hydrogen) atoms. The van der Waals surface area contributed by atoms with Crippen molar-refractivity contribution in [3.05, 3.63) is 35.4 Å². The van der Waals surface area contributed by atoms with Crippen LogP contribution in [0.15, 0.2) is 29.3 Å². The number of hydrogen-bond acceptors (Lipinski definition) is 4. The summed E-state index contributed by atoms with van der Waals surface area (Å²) in [6.45, 7) is 10.9. The minimum atomic E-state index is 0. The first-order valence-electron chi connectivity index (χ1n) is 12.1. The standard InChI is InChI=1S/C25H42N4O2.HI/c1-21-7-12-29(13-8-21)19-24-6-3-5-23(17-24)18-28-25(26-2)27-11-4-14-31-20-22-9-15-30-16-10-22;/h3,5-6,17,21-22H,4,7-16,18-20H2,1-2H3,(H2,26,27,28);1H. The Kier molecular flexibility index (Phi) is 13.5. The Morgan fingerprint density at radius 1 is 1.12 bits per heavy atom. The zero-order chi connectivity index (χ0) is 21.7. The van der Waals surface area contributed by atoms with Crippen molar-refractivity contribution >= 4 is 29.9 Å². The van der Waals surface area contributed by atoms with Gasteiger partial charge in [-0.15, -0.1) is 24.0 Å². The molecule has 2 saturated heterocycles. The quantitative estimate of drug-likeness (QED) is 0.197. The highest BCUT2D eigenvalue weighted by molar-refractivity contribution is 14.0. The van der Waals surface area contributed by atoms with Gasteiger partial charge in [-0.25, -0.2) is 0 Å². The van der Waals surface area contributed by atoms with E-state index >= 15 is 0 Å². The Hall–Kier alpha value is -0.900. The van der Waals surface area contributed by atoms with Crippen molar-refractivity contribution in [2.24, 2.45) is 16.8 Å². The molecule has 0 spiro atoms. The number of rotatable bonds is 10. The van der Waals surface area contributed by atoms with Gasteiger partial charge in [0.1, 0.15) is 0 Å². The highest BCUT2D eigenvalue weighted by Crippen LogP contribution is 2.18. The van der Waals surface area contributed by atoms with E-state index in [-0.39, 0.29) is 24.0 Å². The van der Waals surface area contributed by atoms with E-state index in [1.165, 1.54) is 37.1 Å². The second kappa shape index (κ2) is 15.9. The zero-order valence-electron chi connectivity index (χ0n) is 20.0. The monoisotopic (exact) mass is 558 g/mol. The van der Waals surface area contributed by atoms with Crippen LogP contribution in [0.1, 0.15) is 50.2 Å². The molecule has 0 aliphatic carbocycles. The number of guanidine groups is 1. The van der Waals surface area contributed by atoms with E-state index in [0.29, 0.717) is 5.92 Å². The average molecular weight is 559 g/mol. The molecule has 6 nitrogen and oxygen atoms in total. The van der Waals surface area contributed by atoms with E-state index in [1.54, 1.807) is 0 Å². The van der Waals surface area contributed by atoms with E-state index in [4.69, 9.17) is 9.47 Å². The van der Waals surface area contributed by atoms with E-state index in [0.717, 1.165) is 77.2 Å². The van der Waals surface area contributed by atoms with Crippen LogP contribution >= 0.6 is 24.0 Å². The van der Waals surface area contributed by atoms with Gasteiger partial charge in [0.15, 0.2) is 5.96 Å². The highest BCUT2D eigenvalue weighted by atomic mass is 127. The molecule has 2 aliphatic heterocycles. The fourth-order valence-corrected chi connectivity index (χ4v) is 4.27. The lowest BCUT2D eigenvalue weighted by Gasteiger charge is -2.30. The van der Waals surface area contributed by atoms with Gasteiger partial charge in [0.2, 0.25) is 0 Å². The Balaban J connectivity index is 0.00000363. The van der Waals surface area contributed by atoms with Gasteiger partial charge >= 0.3 is 0 Å². The third kappa shape index (κ3) is 10.4. The van der Waals surface area contributed by atoms with Crippen molar-refractivity contribution in [3.8, 4) is 0 Å². The first kappa shape index (κ1) is 27.3. The smallest absolute Gasteiger partial charge is 0.191 e. The van der Waals surface area contributed by atoms with Crippen LogP contribution in [0.5, 0.6) is 0 Å². The lowest BCUT2D eigenvalue weighted by atomic mass is 9.98. The Bertz CT molecular complexity index is 659. The van der Waals surface area contributed by atoms with E-state index in [9.17, 15) is 0 Å². The van der Waals surface area contributed by atoms with Gasteiger partial charge < -0.3 is 20.1 Å². The molecule has 0 saturated carbocycles. The van der Waals surface area contributed by atoms with E-state index in [1.807, 2.05) is 7.05 Å². The molecule has 2 heterocycles. The number of benzene rings is 1. The molecule has 0 amide bonds. The van der Waals surface area contributed by atoms with Gasteiger partial charge in [0.25, 0.3) is 0 Å². The topological polar surface area (TPSA) is 58.1 Å². The van der Waals surface area contributed by atoms with Crippen LogP contribution in [0.2, 0.25) is 0 Å². The number of ether oxygens (including phenoxy) is 2. The van der Waals surface area contributed by atoms with Crippen molar-refractivity contribution < 1.29 is 9.47 Å². The Morgan fingerprint density at radius 3 is 2.62 bits per heavy atom. The summed E-state index contributed by atoms with van der Waals surface area (Å²) >= 11 is 0. The predicted molar refractivity (Wildman–Crippen MR) is 143 cm³/mol. The van der Waals surface area contributed by atoms with Gasteiger partial charge in [-0.3, -0.25) is 9.89 Å². The molecular weight excluding hydrogens is 515 g/mol. The molecule has 7 heteroatoms. The molecule has 0 atom stereocenters. The molecule has 0 radical (unpaired) electrons. The number of nitrogens with one attached hydrogen (secondary N) is 2. The van der Waals surface area contributed by atoms with Crippen molar-refractivity contribution in [2.75, 3.05) is 53.1 Å². The van der Waals surface area contributed by atoms with Crippen molar-refractivity contribution in [1.82, 2.24) is 15.5 Å². The van der Waals surface area contributed by atoms with Crippen LogP contribution in [-0.4, -0.2) is 64.0 Å². The minimum Gasteiger partial charge on any atom is -0.381 e. The average Bonchev–Trinajstić information content (AvgIpc) is 2.80. The Morgan fingerprint density at radius 2 is 1.88 bits per heavy atom. The summed E-state index contributed by atoms with van der Waals surface area (Å²) in [7, 11) is 1.82. The molecule has 1 aromatic carbocycles. The van der Waals surface area contributed by atoms with Crippen molar-refractivity contribution in [3.63, 3.8) is 0 Å². The minimum absolute atomic E-state index is 0. The predicted octanol–water partition coefficient (Wildman–Crippen LogP) is 4.03. The zero-order valence-corrected chi connectivity index (χ0v) is 22.3. The molecule has 2 aliphatic rings. The number of hydrogen-bond donors (Lipinski definition) is 2. The van der Waals surface area contributed by atoms with Crippen LogP contribution in [0, 0.1) is 11.8 Å². The van der Waals surface area contributed by atoms with Crippen molar-refractivity contribution in [2.45, 2.75) is 52.1 Å². The fraction of sp³-hybridized carbons (Fsp3) is 0.720. The fourth-order valence-electron chi connectivity index (χ4n) is 4.27. The van der Waals surface area contributed by atoms with Gasteiger partial charge in [-0.1, -0.05) is 31.2 Å². The maximum Gasteiger partial charge on any atom is 0.191 e. The highest BCUT2D eigenvalue weighted by Gasteiger charge is 2.16. The van der Waals surface area contributed by atoms with Gasteiger partial charge in [0, 0.05) is 53.1 Å². The van der Waals surface area contributed by atoms with Crippen LogP contribution in [0.25, 0.3) is 0 Å². The first-order valence-corrected chi connectivity index (χ1v) is 12.1. The van der Waals surface area contributed by atoms with Crippen LogP contribution in [0.4, 0.5) is 0 Å². The second-order valence-corrected chi connectivity index (χ2v) is 9.12. The van der Waals surface area contributed by atoms with Gasteiger partial charge in [-0.05, 0) is 68.2 Å². The Labute approximate surface area is 211 Å². The summed E-state index contributed by atoms with van der Waals surface area (Å²) in [5.41, 5.74) is 2.70. The molecule has 0 bridgehead atoms. The van der Waals surface area contributed by atoms with E-state index < -0.39 is 0 Å². The lowest BCUT2D eigenvalue weighted by molar-refractivity contribution is 0.0203. The van der Waals surface area contributed by atoms with E-state index in [2.05, 4.69) is 51.7 Å². The third-order valence-corrected chi connectivity index (χ3v) is 6.41. The van der Waals surface area contributed by atoms with Gasteiger partial charge in [-0.2, -0.15) is 0 Å². The van der Waals surface area contributed by atoms with Crippen LogP contribution < -0.4 is 10.6 Å². The molecule has 182 valence electrons. The maximum absolute atomic E-state index is 5.84. The second-order valence-electron chi connectivity index (χ2n) is 9.12. The normalized spacial score (nSPS) is 18.9. The molecule has 1 aromatic rings. The molecule has 0 unspecified atom stereocenters. The number of likely N-dealkylation sites (tertiary alicyclic amines) is 1.